The predicted molar refractivity (Wildman–Crippen MR) is 71.1 cm³/mol. The molecule has 17 heavy (non-hydrogen) atoms. The lowest BCUT2D eigenvalue weighted by Gasteiger charge is -2.29. The normalized spacial score (nSPS) is 20.6. The summed E-state index contributed by atoms with van der Waals surface area (Å²) in [5.74, 6) is 0.297. The molecular formula is C13H27N3O. The molecule has 1 fully saturated rings. The highest BCUT2D eigenvalue weighted by atomic mass is 16.2. The number of rotatable bonds is 6. The Hall–Kier alpha value is -0.610. The van der Waals surface area contributed by atoms with Crippen LogP contribution in [0, 0.1) is 0 Å². The van der Waals surface area contributed by atoms with Crippen LogP contribution in [0.5, 0.6) is 0 Å². The minimum atomic E-state index is 0.0723. The van der Waals surface area contributed by atoms with Crippen LogP contribution >= 0.6 is 0 Å². The molecule has 0 spiro atoms. The highest BCUT2D eigenvalue weighted by Crippen LogP contribution is 2.10. The fourth-order valence-corrected chi connectivity index (χ4v) is 2.28. The fraction of sp³-hybridized carbons (Fsp3) is 0.923. The van der Waals surface area contributed by atoms with E-state index < -0.39 is 0 Å². The number of hydrogen-bond donors (Lipinski definition) is 1. The topological polar surface area (TPSA) is 35.6 Å². The lowest BCUT2D eigenvalue weighted by molar-refractivity contribution is -0.133. The van der Waals surface area contributed by atoms with Crippen LogP contribution in [0.4, 0.5) is 0 Å². The van der Waals surface area contributed by atoms with Crippen molar-refractivity contribution in [1.29, 1.82) is 0 Å². The van der Waals surface area contributed by atoms with Gasteiger partial charge in [-0.1, -0.05) is 6.42 Å². The lowest BCUT2D eigenvalue weighted by atomic mass is 10.0. The zero-order chi connectivity index (χ0) is 12.7. The molecule has 1 atom stereocenters. The van der Waals surface area contributed by atoms with Gasteiger partial charge in [-0.2, -0.15) is 0 Å². The quantitative estimate of drug-likeness (QED) is 0.751. The van der Waals surface area contributed by atoms with Gasteiger partial charge in [0.25, 0.3) is 0 Å². The lowest BCUT2D eigenvalue weighted by Crippen LogP contribution is -2.49. The summed E-state index contributed by atoms with van der Waals surface area (Å²) in [6.45, 7) is 5.81. The van der Waals surface area contributed by atoms with Gasteiger partial charge >= 0.3 is 0 Å². The average molecular weight is 241 g/mol. The summed E-state index contributed by atoms with van der Waals surface area (Å²) in [5.41, 5.74) is 0. The molecule has 0 bridgehead atoms. The van der Waals surface area contributed by atoms with E-state index in [1.165, 1.54) is 12.8 Å². The molecule has 0 saturated carbocycles. The maximum absolute atomic E-state index is 12.3. The van der Waals surface area contributed by atoms with E-state index in [1.807, 2.05) is 4.90 Å². The monoisotopic (exact) mass is 241 g/mol. The van der Waals surface area contributed by atoms with Crippen LogP contribution in [0.3, 0.4) is 0 Å². The van der Waals surface area contributed by atoms with Crippen molar-refractivity contribution in [2.75, 3.05) is 40.3 Å². The Morgan fingerprint density at radius 1 is 1.29 bits per heavy atom. The number of likely N-dealkylation sites (N-methyl/N-ethyl adjacent to an activating group) is 1. The summed E-state index contributed by atoms with van der Waals surface area (Å²) in [7, 11) is 4.14. The summed E-state index contributed by atoms with van der Waals surface area (Å²) in [4.78, 5) is 16.4. The Morgan fingerprint density at radius 2 is 2.06 bits per heavy atom. The van der Waals surface area contributed by atoms with Gasteiger partial charge in [0, 0.05) is 13.1 Å². The van der Waals surface area contributed by atoms with E-state index >= 15 is 0 Å². The average Bonchev–Trinajstić information content (AvgIpc) is 2.34. The van der Waals surface area contributed by atoms with Crippen LogP contribution in [-0.4, -0.2) is 62.0 Å². The second kappa shape index (κ2) is 7.67. The molecule has 4 heteroatoms. The van der Waals surface area contributed by atoms with Gasteiger partial charge in [0.15, 0.2) is 0 Å². The fourth-order valence-electron chi connectivity index (χ4n) is 2.28. The van der Waals surface area contributed by atoms with E-state index in [0.717, 1.165) is 39.0 Å². The van der Waals surface area contributed by atoms with Crippen molar-refractivity contribution in [1.82, 2.24) is 15.1 Å². The molecule has 1 aliphatic heterocycles. The Bertz CT molecular complexity index is 225. The summed E-state index contributed by atoms with van der Waals surface area (Å²) < 4.78 is 0. The van der Waals surface area contributed by atoms with Crippen LogP contribution in [-0.2, 0) is 4.79 Å². The summed E-state index contributed by atoms with van der Waals surface area (Å²) in [6, 6.07) is 0.0723. The first-order valence-corrected chi connectivity index (χ1v) is 6.82. The molecule has 0 aromatic carbocycles. The van der Waals surface area contributed by atoms with Gasteiger partial charge in [-0.05, 0) is 53.4 Å². The van der Waals surface area contributed by atoms with Gasteiger partial charge in [0.2, 0.25) is 5.91 Å². The van der Waals surface area contributed by atoms with Crippen LogP contribution in [0.2, 0.25) is 0 Å². The molecular weight excluding hydrogens is 214 g/mol. The Balaban J connectivity index is 2.34. The molecule has 1 N–H and O–H groups in total. The third-order valence-corrected chi connectivity index (χ3v) is 3.34. The number of hydrogen-bond acceptors (Lipinski definition) is 3. The Kier molecular flexibility index (Phi) is 6.52. The van der Waals surface area contributed by atoms with E-state index in [0.29, 0.717) is 5.91 Å². The molecule has 1 aliphatic rings. The predicted octanol–water partition coefficient (Wildman–Crippen LogP) is 0.929. The van der Waals surface area contributed by atoms with Gasteiger partial charge < -0.3 is 15.1 Å². The van der Waals surface area contributed by atoms with Crippen LogP contribution in [0.25, 0.3) is 0 Å². The minimum absolute atomic E-state index is 0.0723. The van der Waals surface area contributed by atoms with Crippen LogP contribution in [0.15, 0.2) is 0 Å². The molecule has 100 valence electrons. The molecule has 0 unspecified atom stereocenters. The van der Waals surface area contributed by atoms with Crippen molar-refractivity contribution in [3.8, 4) is 0 Å². The smallest absolute Gasteiger partial charge is 0.239 e. The van der Waals surface area contributed by atoms with E-state index in [4.69, 9.17) is 0 Å². The van der Waals surface area contributed by atoms with Gasteiger partial charge in [-0.3, -0.25) is 4.79 Å². The first kappa shape index (κ1) is 14.5. The van der Waals surface area contributed by atoms with Crippen LogP contribution < -0.4 is 5.32 Å². The van der Waals surface area contributed by atoms with Gasteiger partial charge in [0.1, 0.15) is 0 Å². The number of amides is 1. The summed E-state index contributed by atoms with van der Waals surface area (Å²) in [6.07, 6.45) is 4.44. The molecule has 0 radical (unpaired) electrons. The third-order valence-electron chi connectivity index (χ3n) is 3.34. The first-order chi connectivity index (χ1) is 8.15. The number of nitrogens with zero attached hydrogens (tertiary/aromatic N) is 2. The number of piperidine rings is 1. The second-order valence-electron chi connectivity index (χ2n) is 5.08. The van der Waals surface area contributed by atoms with Crippen molar-refractivity contribution in [3.63, 3.8) is 0 Å². The van der Waals surface area contributed by atoms with Crippen molar-refractivity contribution in [2.45, 2.75) is 38.6 Å². The van der Waals surface area contributed by atoms with Crippen molar-refractivity contribution < 1.29 is 4.79 Å². The van der Waals surface area contributed by atoms with Gasteiger partial charge in [0.05, 0.1) is 6.04 Å². The molecule has 1 heterocycles. The summed E-state index contributed by atoms with van der Waals surface area (Å²) >= 11 is 0. The maximum Gasteiger partial charge on any atom is 0.239 e. The van der Waals surface area contributed by atoms with E-state index in [2.05, 4.69) is 31.2 Å². The minimum Gasteiger partial charge on any atom is -0.342 e. The van der Waals surface area contributed by atoms with E-state index in [-0.39, 0.29) is 6.04 Å². The number of nitrogens with one attached hydrogen (secondary N) is 1. The molecule has 0 aromatic rings. The zero-order valence-electron chi connectivity index (χ0n) is 11.5. The molecule has 0 aromatic heterocycles. The van der Waals surface area contributed by atoms with Crippen LogP contribution in [0.1, 0.15) is 32.6 Å². The first-order valence-electron chi connectivity index (χ1n) is 6.82. The number of carbonyl (C=O) groups excluding carboxylic acids is 1. The maximum atomic E-state index is 12.3. The molecule has 4 nitrogen and oxygen atoms in total. The molecule has 1 rings (SSSR count). The van der Waals surface area contributed by atoms with Crippen molar-refractivity contribution in [2.24, 2.45) is 0 Å². The van der Waals surface area contributed by atoms with Crippen molar-refractivity contribution >= 4 is 5.91 Å². The zero-order valence-corrected chi connectivity index (χ0v) is 11.5. The van der Waals surface area contributed by atoms with Gasteiger partial charge in [-0.25, -0.2) is 0 Å². The molecule has 1 amide bonds. The number of carbonyl (C=O) groups is 1. The Morgan fingerprint density at radius 3 is 2.59 bits per heavy atom. The second-order valence-corrected chi connectivity index (χ2v) is 5.08. The van der Waals surface area contributed by atoms with Crippen molar-refractivity contribution in [3.05, 3.63) is 0 Å². The SMILES string of the molecule is CCN(CCCN(C)C)C(=O)[C@H]1CCCCN1. The largest absolute Gasteiger partial charge is 0.342 e. The highest BCUT2D eigenvalue weighted by Gasteiger charge is 2.24. The summed E-state index contributed by atoms with van der Waals surface area (Å²) in [5, 5.41) is 3.33. The van der Waals surface area contributed by atoms with E-state index in [9.17, 15) is 4.79 Å². The highest BCUT2D eigenvalue weighted by molar-refractivity contribution is 5.81. The van der Waals surface area contributed by atoms with E-state index in [1.54, 1.807) is 0 Å². The Labute approximate surface area is 105 Å². The third kappa shape index (κ3) is 5.04. The molecule has 0 aliphatic carbocycles. The van der Waals surface area contributed by atoms with Gasteiger partial charge in [-0.15, -0.1) is 0 Å². The standard InChI is InChI=1S/C13H27N3O/c1-4-16(11-7-10-15(2)3)13(17)12-8-5-6-9-14-12/h12,14H,4-11H2,1-3H3/t12-/m1/s1. The molecule has 1 saturated heterocycles.